The van der Waals surface area contributed by atoms with Crippen LogP contribution in [-0.4, -0.2) is 75.8 Å². The molecule has 0 aliphatic heterocycles. The maximum Gasteiger partial charge on any atom is 0.327 e. The Morgan fingerprint density at radius 3 is 1.81 bits per heavy atom. The molecule has 0 bridgehead atoms. The number of carbonyl (C=O) groups excluding carboxylic acids is 4. The lowest BCUT2D eigenvalue weighted by Gasteiger charge is -2.26. The second-order valence-electron chi connectivity index (χ2n) is 10.7. The van der Waals surface area contributed by atoms with Gasteiger partial charge in [0.1, 0.15) is 29.9 Å². The molecule has 0 saturated carbocycles. The van der Waals surface area contributed by atoms with Crippen LogP contribution in [0.2, 0.25) is 0 Å². The number of benzene rings is 2. The first-order chi connectivity index (χ1) is 20.3. The number of carboxylic acid groups (broad SMARTS) is 1. The van der Waals surface area contributed by atoms with Gasteiger partial charge in [0.05, 0.1) is 6.04 Å². The van der Waals surface area contributed by atoms with Gasteiger partial charge in [0.15, 0.2) is 0 Å². The van der Waals surface area contributed by atoms with Gasteiger partial charge >= 0.3 is 5.97 Å². The summed E-state index contributed by atoms with van der Waals surface area (Å²) < 4.78 is 0. The zero-order chi connectivity index (χ0) is 32.1. The van der Waals surface area contributed by atoms with Crippen molar-refractivity contribution in [1.29, 1.82) is 0 Å². The van der Waals surface area contributed by atoms with E-state index in [0.717, 1.165) is 11.1 Å². The van der Waals surface area contributed by atoms with E-state index in [-0.39, 0.29) is 36.7 Å². The first-order valence-corrected chi connectivity index (χ1v) is 14.6. The van der Waals surface area contributed by atoms with Crippen LogP contribution in [0.5, 0.6) is 5.75 Å². The quantitative estimate of drug-likeness (QED) is 0.125. The number of aliphatic carboxylic acids is 1. The van der Waals surface area contributed by atoms with Crippen LogP contribution in [0.25, 0.3) is 0 Å². The summed E-state index contributed by atoms with van der Waals surface area (Å²) in [6, 6.07) is 9.71. The summed E-state index contributed by atoms with van der Waals surface area (Å²) in [6.45, 7) is 5.15. The third-order valence-electron chi connectivity index (χ3n) is 6.53. The average molecular weight is 616 g/mol. The molecule has 0 saturated heterocycles. The van der Waals surface area contributed by atoms with Crippen LogP contribution in [0.15, 0.2) is 54.6 Å². The van der Waals surface area contributed by atoms with E-state index in [1.807, 2.05) is 13.8 Å². The molecule has 5 unspecified atom stereocenters. The van der Waals surface area contributed by atoms with Crippen LogP contribution in [0.3, 0.4) is 0 Å². The van der Waals surface area contributed by atoms with E-state index in [2.05, 4.69) is 33.9 Å². The summed E-state index contributed by atoms with van der Waals surface area (Å²) in [7, 11) is 0. The number of nitrogens with two attached hydrogens (primary N) is 1. The fourth-order valence-electron chi connectivity index (χ4n) is 4.15. The molecule has 234 valence electrons. The van der Waals surface area contributed by atoms with Crippen molar-refractivity contribution in [1.82, 2.24) is 21.3 Å². The lowest BCUT2D eigenvalue weighted by atomic mass is 10.0. The summed E-state index contributed by atoms with van der Waals surface area (Å²) in [6.07, 6.45) is 0.479. The zero-order valence-electron chi connectivity index (χ0n) is 24.4. The fourth-order valence-corrected chi connectivity index (χ4v) is 4.40. The number of rotatable bonds is 16. The molecule has 4 amide bonds. The van der Waals surface area contributed by atoms with Crippen molar-refractivity contribution in [3.8, 4) is 5.75 Å². The van der Waals surface area contributed by atoms with Crippen LogP contribution >= 0.6 is 12.6 Å². The molecule has 8 N–H and O–H groups in total. The highest BCUT2D eigenvalue weighted by molar-refractivity contribution is 7.80. The minimum absolute atomic E-state index is 0.0292. The SMILES string of the molecule is CC(C)CC(NC(=O)C(Cc1ccccc1)NC(=O)C(C)NC(=O)C(N)Cc1ccc(O)cc1)C(=O)NC(CS)C(=O)O. The number of carbonyl (C=O) groups is 5. The topological polar surface area (TPSA) is 200 Å². The second-order valence-corrected chi connectivity index (χ2v) is 11.1. The van der Waals surface area contributed by atoms with E-state index in [9.17, 15) is 34.2 Å². The summed E-state index contributed by atoms with van der Waals surface area (Å²) >= 11 is 3.97. The molecule has 5 atom stereocenters. The Labute approximate surface area is 256 Å². The highest BCUT2D eigenvalue weighted by Crippen LogP contribution is 2.12. The van der Waals surface area contributed by atoms with Gasteiger partial charge in [-0.25, -0.2) is 4.79 Å². The van der Waals surface area contributed by atoms with Gasteiger partial charge in [-0.05, 0) is 48.9 Å². The van der Waals surface area contributed by atoms with Gasteiger partial charge in [-0.1, -0.05) is 56.3 Å². The third-order valence-corrected chi connectivity index (χ3v) is 6.90. The van der Waals surface area contributed by atoms with Gasteiger partial charge in [0.2, 0.25) is 23.6 Å². The molecule has 2 rings (SSSR count). The van der Waals surface area contributed by atoms with E-state index in [0.29, 0.717) is 0 Å². The summed E-state index contributed by atoms with van der Waals surface area (Å²) in [5.41, 5.74) is 7.48. The Hall–Kier alpha value is -4.10. The van der Waals surface area contributed by atoms with Crippen LogP contribution in [0.1, 0.15) is 38.3 Å². The van der Waals surface area contributed by atoms with Crippen molar-refractivity contribution in [2.24, 2.45) is 11.7 Å². The normalized spacial score (nSPS) is 14.5. The van der Waals surface area contributed by atoms with E-state index < -0.39 is 59.8 Å². The molecule has 2 aromatic carbocycles. The molecular weight excluding hydrogens is 574 g/mol. The van der Waals surface area contributed by atoms with Crippen molar-refractivity contribution in [2.75, 3.05) is 5.75 Å². The van der Waals surface area contributed by atoms with Crippen molar-refractivity contribution in [2.45, 2.75) is 70.2 Å². The highest BCUT2D eigenvalue weighted by atomic mass is 32.1. The van der Waals surface area contributed by atoms with Crippen LogP contribution < -0.4 is 27.0 Å². The zero-order valence-corrected chi connectivity index (χ0v) is 25.3. The van der Waals surface area contributed by atoms with Crippen molar-refractivity contribution >= 4 is 42.2 Å². The number of nitrogens with one attached hydrogen (secondary N) is 4. The van der Waals surface area contributed by atoms with Crippen molar-refractivity contribution in [3.05, 3.63) is 65.7 Å². The molecule has 0 spiro atoms. The summed E-state index contributed by atoms with van der Waals surface area (Å²) in [5, 5.41) is 29.0. The molecule has 12 nitrogen and oxygen atoms in total. The Bertz CT molecular complexity index is 1240. The van der Waals surface area contributed by atoms with Gasteiger partial charge in [0.25, 0.3) is 0 Å². The number of thiol groups is 1. The largest absolute Gasteiger partial charge is 0.508 e. The molecule has 0 fully saturated rings. The molecule has 13 heteroatoms. The first-order valence-electron chi connectivity index (χ1n) is 13.9. The van der Waals surface area contributed by atoms with E-state index in [1.165, 1.54) is 19.1 Å². The predicted octanol–water partition coefficient (Wildman–Crippen LogP) is 0.524. The minimum Gasteiger partial charge on any atom is -0.508 e. The van der Waals surface area contributed by atoms with Gasteiger partial charge in [-0.2, -0.15) is 12.6 Å². The molecule has 0 radical (unpaired) electrons. The van der Waals surface area contributed by atoms with Gasteiger partial charge in [-0.3, -0.25) is 19.2 Å². The lowest BCUT2D eigenvalue weighted by Crippen LogP contribution is -2.58. The molecule has 0 aliphatic carbocycles. The Balaban J connectivity index is 2.15. The number of hydrogen-bond donors (Lipinski definition) is 8. The lowest BCUT2D eigenvalue weighted by molar-refractivity contribution is -0.141. The predicted molar refractivity (Wildman–Crippen MR) is 164 cm³/mol. The fraction of sp³-hybridized carbons (Fsp3) is 0.433. The minimum atomic E-state index is -1.26. The second kappa shape index (κ2) is 17.1. The third kappa shape index (κ3) is 12.0. The highest BCUT2D eigenvalue weighted by Gasteiger charge is 2.31. The maximum atomic E-state index is 13.5. The molecule has 2 aromatic rings. The standard InChI is InChI=1S/C30H41N5O7S/c1-17(2)13-23(28(39)35-25(16-43)30(41)42)34-29(40)24(15-19-7-5-4-6-8-19)33-26(37)18(3)32-27(38)22(31)14-20-9-11-21(36)12-10-20/h4-12,17-18,22-25,36,43H,13-16,31H2,1-3H3,(H,32,38)(H,33,37)(H,34,40)(H,35,39)(H,41,42). The molecule has 0 heterocycles. The maximum absolute atomic E-state index is 13.5. The summed E-state index contributed by atoms with van der Waals surface area (Å²) in [5.74, 6) is -3.91. The van der Waals surface area contributed by atoms with E-state index in [1.54, 1.807) is 42.5 Å². The van der Waals surface area contributed by atoms with Crippen molar-refractivity contribution in [3.63, 3.8) is 0 Å². The molecular formula is C30H41N5O7S. The molecule has 0 aromatic heterocycles. The van der Waals surface area contributed by atoms with Crippen LogP contribution in [0.4, 0.5) is 0 Å². The molecule has 0 aliphatic rings. The van der Waals surface area contributed by atoms with E-state index >= 15 is 0 Å². The van der Waals surface area contributed by atoms with Crippen LogP contribution in [0, 0.1) is 5.92 Å². The van der Waals surface area contributed by atoms with E-state index in [4.69, 9.17) is 5.73 Å². The van der Waals surface area contributed by atoms with Crippen molar-refractivity contribution < 1.29 is 34.2 Å². The number of phenols is 1. The Kier molecular flexibility index (Phi) is 14.0. The average Bonchev–Trinajstić information content (AvgIpc) is 2.96. The molecule has 43 heavy (non-hydrogen) atoms. The van der Waals surface area contributed by atoms with Gasteiger partial charge in [0, 0.05) is 12.2 Å². The Morgan fingerprint density at radius 2 is 1.26 bits per heavy atom. The number of aromatic hydroxyl groups is 1. The van der Waals surface area contributed by atoms with Gasteiger partial charge < -0.3 is 37.2 Å². The number of amides is 4. The first kappa shape index (κ1) is 35.1. The summed E-state index contributed by atoms with van der Waals surface area (Å²) in [4.78, 5) is 63.7. The number of hydrogen-bond acceptors (Lipinski definition) is 8. The monoisotopic (exact) mass is 615 g/mol. The van der Waals surface area contributed by atoms with Crippen LogP contribution in [-0.2, 0) is 36.8 Å². The Morgan fingerprint density at radius 1 is 0.721 bits per heavy atom. The number of phenolic OH excluding ortho intramolecular Hbond substituents is 1. The smallest absolute Gasteiger partial charge is 0.327 e. The van der Waals surface area contributed by atoms with Gasteiger partial charge in [-0.15, -0.1) is 0 Å². The number of carboxylic acids is 1.